The molecular formula is C13H25N. The molecule has 0 aromatic carbocycles. The van der Waals surface area contributed by atoms with Crippen molar-refractivity contribution in [1.82, 2.24) is 5.32 Å². The van der Waals surface area contributed by atoms with Crippen LogP contribution < -0.4 is 5.32 Å². The summed E-state index contributed by atoms with van der Waals surface area (Å²) in [4.78, 5) is 0. The minimum Gasteiger partial charge on any atom is -0.313 e. The first-order valence-electron chi connectivity index (χ1n) is 6.56. The largest absolute Gasteiger partial charge is 0.313 e. The lowest BCUT2D eigenvalue weighted by Crippen LogP contribution is -2.36. The molecule has 2 rings (SSSR count). The van der Waals surface area contributed by atoms with Crippen molar-refractivity contribution in [3.63, 3.8) is 0 Å². The van der Waals surface area contributed by atoms with E-state index in [1.165, 1.54) is 45.1 Å². The summed E-state index contributed by atoms with van der Waals surface area (Å²) in [6.45, 7) is 5.90. The zero-order chi connectivity index (χ0) is 9.97. The van der Waals surface area contributed by atoms with Gasteiger partial charge < -0.3 is 5.32 Å². The SMILES string of the molecule is CCC(CC)CNC1CC2CCC1C2. The van der Waals surface area contributed by atoms with Crippen molar-refractivity contribution >= 4 is 0 Å². The van der Waals surface area contributed by atoms with Crippen LogP contribution in [0.3, 0.4) is 0 Å². The van der Waals surface area contributed by atoms with E-state index in [-0.39, 0.29) is 0 Å². The first kappa shape index (κ1) is 10.5. The summed E-state index contributed by atoms with van der Waals surface area (Å²) in [6.07, 6.45) is 8.71. The summed E-state index contributed by atoms with van der Waals surface area (Å²) in [7, 11) is 0. The van der Waals surface area contributed by atoms with Gasteiger partial charge in [0.1, 0.15) is 0 Å². The summed E-state index contributed by atoms with van der Waals surface area (Å²) in [6, 6.07) is 0.884. The Kier molecular flexibility index (Phi) is 3.48. The van der Waals surface area contributed by atoms with E-state index < -0.39 is 0 Å². The molecule has 0 aromatic heterocycles. The minimum atomic E-state index is 0.884. The maximum atomic E-state index is 3.81. The second kappa shape index (κ2) is 4.65. The zero-order valence-electron chi connectivity index (χ0n) is 9.76. The van der Waals surface area contributed by atoms with E-state index >= 15 is 0 Å². The van der Waals surface area contributed by atoms with Crippen LogP contribution in [0.25, 0.3) is 0 Å². The third-order valence-electron chi connectivity index (χ3n) is 4.56. The summed E-state index contributed by atoms with van der Waals surface area (Å²) in [5, 5.41) is 3.81. The summed E-state index contributed by atoms with van der Waals surface area (Å²) >= 11 is 0. The highest BCUT2D eigenvalue weighted by Crippen LogP contribution is 2.44. The topological polar surface area (TPSA) is 12.0 Å². The highest BCUT2D eigenvalue weighted by molar-refractivity contribution is 4.94. The molecule has 82 valence electrons. The fourth-order valence-corrected chi connectivity index (χ4v) is 3.39. The number of hydrogen-bond donors (Lipinski definition) is 1. The van der Waals surface area contributed by atoms with Gasteiger partial charge in [-0.2, -0.15) is 0 Å². The standard InChI is InChI=1S/C13H25N/c1-3-10(4-2)9-14-13-8-11-5-6-12(13)7-11/h10-14H,3-9H2,1-2H3. The molecule has 0 spiro atoms. The molecule has 2 saturated carbocycles. The quantitative estimate of drug-likeness (QED) is 0.710. The molecule has 1 nitrogen and oxygen atoms in total. The van der Waals surface area contributed by atoms with Crippen LogP contribution in [0, 0.1) is 17.8 Å². The van der Waals surface area contributed by atoms with Crippen LogP contribution in [-0.2, 0) is 0 Å². The Bertz CT molecular complexity index is 174. The smallest absolute Gasteiger partial charge is 0.00981 e. The summed E-state index contributed by atoms with van der Waals surface area (Å²) in [5.41, 5.74) is 0. The molecule has 2 fully saturated rings. The van der Waals surface area contributed by atoms with Crippen LogP contribution >= 0.6 is 0 Å². The van der Waals surface area contributed by atoms with E-state index in [1.807, 2.05) is 0 Å². The number of hydrogen-bond acceptors (Lipinski definition) is 1. The fraction of sp³-hybridized carbons (Fsp3) is 1.00. The molecule has 2 aliphatic carbocycles. The average molecular weight is 195 g/mol. The van der Waals surface area contributed by atoms with Gasteiger partial charge in [0.25, 0.3) is 0 Å². The lowest BCUT2D eigenvalue weighted by molar-refractivity contribution is 0.322. The van der Waals surface area contributed by atoms with Gasteiger partial charge in [-0.15, -0.1) is 0 Å². The summed E-state index contributed by atoms with van der Waals surface area (Å²) < 4.78 is 0. The normalized spacial score (nSPS) is 35.8. The predicted octanol–water partition coefficient (Wildman–Crippen LogP) is 3.20. The molecule has 2 bridgehead atoms. The van der Waals surface area contributed by atoms with Crippen molar-refractivity contribution in [3.05, 3.63) is 0 Å². The lowest BCUT2D eigenvalue weighted by Gasteiger charge is -2.25. The second-order valence-corrected chi connectivity index (χ2v) is 5.37. The third-order valence-corrected chi connectivity index (χ3v) is 4.56. The van der Waals surface area contributed by atoms with E-state index in [1.54, 1.807) is 0 Å². The Labute approximate surface area is 88.7 Å². The Morgan fingerprint density at radius 2 is 1.93 bits per heavy atom. The molecule has 3 unspecified atom stereocenters. The van der Waals surface area contributed by atoms with E-state index in [0.29, 0.717) is 0 Å². The van der Waals surface area contributed by atoms with Gasteiger partial charge in [-0.05, 0) is 43.6 Å². The molecule has 2 aliphatic rings. The molecule has 0 aromatic rings. The Morgan fingerprint density at radius 3 is 2.43 bits per heavy atom. The molecule has 0 aliphatic heterocycles. The van der Waals surface area contributed by atoms with Gasteiger partial charge in [-0.3, -0.25) is 0 Å². The van der Waals surface area contributed by atoms with Crippen LogP contribution in [0.5, 0.6) is 0 Å². The van der Waals surface area contributed by atoms with Crippen molar-refractivity contribution < 1.29 is 0 Å². The first-order chi connectivity index (χ1) is 6.83. The second-order valence-electron chi connectivity index (χ2n) is 5.37. The van der Waals surface area contributed by atoms with Gasteiger partial charge >= 0.3 is 0 Å². The van der Waals surface area contributed by atoms with E-state index in [0.717, 1.165) is 23.8 Å². The third kappa shape index (κ3) is 2.13. The molecule has 14 heavy (non-hydrogen) atoms. The van der Waals surface area contributed by atoms with Crippen LogP contribution in [0.2, 0.25) is 0 Å². The summed E-state index contributed by atoms with van der Waals surface area (Å²) in [5.74, 6) is 3.03. The molecule has 0 heterocycles. The predicted molar refractivity (Wildman–Crippen MR) is 61.3 cm³/mol. The highest BCUT2D eigenvalue weighted by atomic mass is 14.9. The van der Waals surface area contributed by atoms with Crippen molar-refractivity contribution in [2.24, 2.45) is 17.8 Å². The van der Waals surface area contributed by atoms with Crippen LogP contribution in [0.1, 0.15) is 52.4 Å². The monoisotopic (exact) mass is 195 g/mol. The molecular weight excluding hydrogens is 170 g/mol. The number of nitrogens with one attached hydrogen (secondary N) is 1. The fourth-order valence-electron chi connectivity index (χ4n) is 3.39. The molecule has 3 atom stereocenters. The van der Waals surface area contributed by atoms with Gasteiger partial charge in [-0.25, -0.2) is 0 Å². The van der Waals surface area contributed by atoms with Crippen molar-refractivity contribution in [1.29, 1.82) is 0 Å². The average Bonchev–Trinajstić information content (AvgIpc) is 2.80. The minimum absolute atomic E-state index is 0.884. The zero-order valence-corrected chi connectivity index (χ0v) is 9.76. The maximum Gasteiger partial charge on any atom is 0.00981 e. The van der Waals surface area contributed by atoms with Crippen molar-refractivity contribution in [2.75, 3.05) is 6.54 Å². The number of fused-ring (bicyclic) bond motifs is 2. The first-order valence-corrected chi connectivity index (χ1v) is 6.56. The Hall–Kier alpha value is -0.0400. The van der Waals surface area contributed by atoms with Gasteiger partial charge in [0.05, 0.1) is 0 Å². The van der Waals surface area contributed by atoms with Crippen LogP contribution in [-0.4, -0.2) is 12.6 Å². The van der Waals surface area contributed by atoms with Gasteiger partial charge in [0, 0.05) is 6.04 Å². The molecule has 1 heteroatoms. The highest BCUT2D eigenvalue weighted by Gasteiger charge is 2.39. The Balaban J connectivity index is 1.71. The molecule has 0 amide bonds. The van der Waals surface area contributed by atoms with Crippen molar-refractivity contribution in [3.8, 4) is 0 Å². The van der Waals surface area contributed by atoms with Gasteiger partial charge in [0.15, 0.2) is 0 Å². The van der Waals surface area contributed by atoms with Gasteiger partial charge in [-0.1, -0.05) is 33.1 Å². The van der Waals surface area contributed by atoms with E-state index in [9.17, 15) is 0 Å². The van der Waals surface area contributed by atoms with E-state index in [2.05, 4.69) is 19.2 Å². The molecule has 1 N–H and O–H groups in total. The van der Waals surface area contributed by atoms with Crippen LogP contribution in [0.15, 0.2) is 0 Å². The van der Waals surface area contributed by atoms with E-state index in [4.69, 9.17) is 0 Å². The lowest BCUT2D eigenvalue weighted by atomic mass is 9.94. The molecule has 0 saturated heterocycles. The Morgan fingerprint density at radius 1 is 1.14 bits per heavy atom. The van der Waals surface area contributed by atoms with Gasteiger partial charge in [0.2, 0.25) is 0 Å². The van der Waals surface area contributed by atoms with Crippen molar-refractivity contribution in [2.45, 2.75) is 58.4 Å². The van der Waals surface area contributed by atoms with Crippen LogP contribution in [0.4, 0.5) is 0 Å². The number of rotatable bonds is 5. The molecule has 0 radical (unpaired) electrons. The maximum absolute atomic E-state index is 3.81.